The summed E-state index contributed by atoms with van der Waals surface area (Å²) in [5, 5.41) is 13.3. The van der Waals surface area contributed by atoms with E-state index in [1.54, 1.807) is 30.3 Å². The van der Waals surface area contributed by atoms with Gasteiger partial charge in [0, 0.05) is 11.9 Å². The van der Waals surface area contributed by atoms with Crippen molar-refractivity contribution in [2.45, 2.75) is 13.2 Å². The maximum Gasteiger partial charge on any atom is 0.268 e. The Morgan fingerprint density at radius 3 is 2.52 bits per heavy atom. The molecule has 0 spiro atoms. The summed E-state index contributed by atoms with van der Waals surface area (Å²) in [6.07, 6.45) is 0. The van der Waals surface area contributed by atoms with Gasteiger partial charge in [0.1, 0.15) is 5.69 Å². The topological polar surface area (TPSA) is 82.2 Å². The second-order valence-electron chi connectivity index (χ2n) is 5.21. The minimum absolute atomic E-state index is 0.0845. The maximum absolute atomic E-state index is 12.3. The van der Waals surface area contributed by atoms with E-state index < -0.39 is 0 Å². The van der Waals surface area contributed by atoms with Crippen LogP contribution in [-0.2, 0) is 13.2 Å². The molecule has 5 heteroatoms. The van der Waals surface area contributed by atoms with E-state index in [0.717, 1.165) is 16.5 Å². The van der Waals surface area contributed by atoms with E-state index in [-0.39, 0.29) is 30.3 Å². The van der Waals surface area contributed by atoms with Crippen molar-refractivity contribution in [2.24, 2.45) is 0 Å². The molecule has 3 rings (SSSR count). The quantitative estimate of drug-likeness (QED) is 0.689. The summed E-state index contributed by atoms with van der Waals surface area (Å²) in [5.74, 6) is -0.361. The monoisotopic (exact) mass is 308 g/mol. The van der Waals surface area contributed by atoms with Gasteiger partial charge in [-0.15, -0.1) is 0 Å². The van der Waals surface area contributed by atoms with Crippen LogP contribution >= 0.6 is 0 Å². The van der Waals surface area contributed by atoms with Crippen LogP contribution in [0, 0.1) is 0 Å². The standard InChI is InChI=1S/C18H16N2O3/c21-11-14-7-2-1-6-13(14)10-19-18(23)16-9-12-5-3-4-8-15(12)17(22)20-16/h1-9,21H,10-11H2,(H,19,23)(H,20,22). The number of aromatic nitrogens is 1. The number of hydrogen-bond donors (Lipinski definition) is 3. The number of nitrogens with one attached hydrogen (secondary N) is 2. The van der Waals surface area contributed by atoms with Gasteiger partial charge >= 0.3 is 0 Å². The van der Waals surface area contributed by atoms with Crippen molar-refractivity contribution in [3.63, 3.8) is 0 Å². The van der Waals surface area contributed by atoms with Crippen molar-refractivity contribution in [1.82, 2.24) is 10.3 Å². The third kappa shape index (κ3) is 3.14. The van der Waals surface area contributed by atoms with Gasteiger partial charge in [0.2, 0.25) is 0 Å². The molecule has 0 aliphatic rings. The molecule has 1 amide bonds. The summed E-state index contributed by atoms with van der Waals surface area (Å²) in [7, 11) is 0. The molecular formula is C18H16N2O3. The van der Waals surface area contributed by atoms with Crippen molar-refractivity contribution in [3.8, 4) is 0 Å². The first-order valence-electron chi connectivity index (χ1n) is 7.27. The van der Waals surface area contributed by atoms with Gasteiger partial charge in [-0.05, 0) is 28.6 Å². The van der Waals surface area contributed by atoms with Gasteiger partial charge < -0.3 is 15.4 Å². The molecule has 0 saturated heterocycles. The van der Waals surface area contributed by atoms with Crippen LogP contribution < -0.4 is 10.9 Å². The molecule has 23 heavy (non-hydrogen) atoms. The van der Waals surface area contributed by atoms with E-state index in [9.17, 15) is 14.7 Å². The maximum atomic E-state index is 12.3. The molecule has 0 unspecified atom stereocenters. The molecule has 5 nitrogen and oxygen atoms in total. The van der Waals surface area contributed by atoms with E-state index in [1.807, 2.05) is 24.3 Å². The average Bonchev–Trinajstić information content (AvgIpc) is 2.59. The van der Waals surface area contributed by atoms with E-state index in [2.05, 4.69) is 10.3 Å². The Morgan fingerprint density at radius 2 is 1.74 bits per heavy atom. The summed E-state index contributed by atoms with van der Waals surface area (Å²) in [6.45, 7) is 0.198. The van der Waals surface area contributed by atoms with Gasteiger partial charge in [0.25, 0.3) is 11.5 Å². The smallest absolute Gasteiger partial charge is 0.268 e. The summed E-state index contributed by atoms with van der Waals surface area (Å²) in [5.41, 5.74) is 1.53. The first kappa shape index (κ1) is 15.0. The van der Waals surface area contributed by atoms with E-state index >= 15 is 0 Å². The molecule has 3 N–H and O–H groups in total. The third-order valence-corrected chi connectivity index (χ3v) is 3.73. The normalized spacial score (nSPS) is 10.7. The molecule has 0 aliphatic heterocycles. The van der Waals surface area contributed by atoms with Crippen molar-refractivity contribution < 1.29 is 9.90 Å². The van der Waals surface area contributed by atoms with Crippen molar-refractivity contribution in [2.75, 3.05) is 0 Å². The van der Waals surface area contributed by atoms with Crippen LogP contribution in [-0.4, -0.2) is 16.0 Å². The molecule has 3 aromatic rings. The SMILES string of the molecule is O=C(NCc1ccccc1CO)c1cc2ccccc2c(=O)[nH]1. The molecule has 0 bridgehead atoms. The highest BCUT2D eigenvalue weighted by Crippen LogP contribution is 2.11. The molecule has 0 atom stereocenters. The van der Waals surface area contributed by atoms with E-state index in [0.29, 0.717) is 5.39 Å². The Labute approximate surface area is 132 Å². The van der Waals surface area contributed by atoms with Crippen LogP contribution in [0.2, 0.25) is 0 Å². The van der Waals surface area contributed by atoms with Gasteiger partial charge in [0.15, 0.2) is 0 Å². The fourth-order valence-corrected chi connectivity index (χ4v) is 2.49. The molecule has 2 aromatic carbocycles. The molecule has 1 heterocycles. The number of aliphatic hydroxyl groups excluding tert-OH is 1. The second kappa shape index (κ2) is 6.46. The fourth-order valence-electron chi connectivity index (χ4n) is 2.49. The number of benzene rings is 2. The number of fused-ring (bicyclic) bond motifs is 1. The number of H-pyrrole nitrogens is 1. The third-order valence-electron chi connectivity index (χ3n) is 3.73. The van der Waals surface area contributed by atoms with Gasteiger partial charge in [-0.2, -0.15) is 0 Å². The van der Waals surface area contributed by atoms with Crippen LogP contribution in [0.4, 0.5) is 0 Å². The number of amides is 1. The molecule has 116 valence electrons. The van der Waals surface area contributed by atoms with E-state index in [1.165, 1.54) is 0 Å². The molecule has 0 radical (unpaired) electrons. The second-order valence-corrected chi connectivity index (χ2v) is 5.21. The number of aromatic amines is 1. The lowest BCUT2D eigenvalue weighted by Gasteiger charge is -2.09. The van der Waals surface area contributed by atoms with Gasteiger partial charge in [0.05, 0.1) is 6.61 Å². The van der Waals surface area contributed by atoms with Crippen molar-refractivity contribution in [1.29, 1.82) is 0 Å². The van der Waals surface area contributed by atoms with Crippen LogP contribution in [0.25, 0.3) is 10.8 Å². The first-order valence-corrected chi connectivity index (χ1v) is 7.27. The number of pyridine rings is 1. The number of carbonyl (C=O) groups excluding carboxylic acids is 1. The Hall–Kier alpha value is -2.92. The lowest BCUT2D eigenvalue weighted by Crippen LogP contribution is -2.26. The predicted molar refractivity (Wildman–Crippen MR) is 88.1 cm³/mol. The Balaban J connectivity index is 1.82. The highest BCUT2D eigenvalue weighted by Gasteiger charge is 2.10. The zero-order valence-corrected chi connectivity index (χ0v) is 12.4. The summed E-state index contributed by atoms with van der Waals surface area (Å²) in [6, 6.07) is 16.1. The molecule has 0 saturated carbocycles. The molecule has 1 aromatic heterocycles. The predicted octanol–water partition coefficient (Wildman–Crippen LogP) is 1.95. The fraction of sp³-hybridized carbons (Fsp3) is 0.111. The summed E-state index contributed by atoms with van der Waals surface area (Å²) in [4.78, 5) is 26.9. The number of hydrogen-bond acceptors (Lipinski definition) is 3. The van der Waals surface area contributed by atoms with Gasteiger partial charge in [-0.1, -0.05) is 42.5 Å². The van der Waals surface area contributed by atoms with E-state index in [4.69, 9.17) is 0 Å². The van der Waals surface area contributed by atoms with Crippen molar-refractivity contribution >= 4 is 16.7 Å². The largest absolute Gasteiger partial charge is 0.392 e. The van der Waals surface area contributed by atoms with Crippen LogP contribution in [0.5, 0.6) is 0 Å². The minimum Gasteiger partial charge on any atom is -0.392 e. The highest BCUT2D eigenvalue weighted by molar-refractivity contribution is 5.96. The first-order chi connectivity index (χ1) is 11.2. The lowest BCUT2D eigenvalue weighted by atomic mass is 10.1. The van der Waals surface area contributed by atoms with Gasteiger partial charge in [-0.25, -0.2) is 0 Å². The summed E-state index contributed by atoms with van der Waals surface area (Å²) >= 11 is 0. The van der Waals surface area contributed by atoms with Crippen LogP contribution in [0.1, 0.15) is 21.6 Å². The zero-order chi connectivity index (χ0) is 16.2. The lowest BCUT2D eigenvalue weighted by molar-refractivity contribution is 0.0945. The Bertz CT molecular complexity index is 915. The number of rotatable bonds is 4. The zero-order valence-electron chi connectivity index (χ0n) is 12.4. The van der Waals surface area contributed by atoms with Crippen LogP contribution in [0.3, 0.4) is 0 Å². The number of aliphatic hydroxyl groups is 1. The molecule has 0 aliphatic carbocycles. The minimum atomic E-state index is -0.361. The van der Waals surface area contributed by atoms with Gasteiger partial charge in [-0.3, -0.25) is 9.59 Å². The highest BCUT2D eigenvalue weighted by atomic mass is 16.3. The van der Waals surface area contributed by atoms with Crippen molar-refractivity contribution in [3.05, 3.63) is 81.8 Å². The average molecular weight is 308 g/mol. The summed E-state index contributed by atoms with van der Waals surface area (Å²) < 4.78 is 0. The Kier molecular flexibility index (Phi) is 4.21. The molecule has 0 fully saturated rings. The Morgan fingerprint density at radius 1 is 1.04 bits per heavy atom. The molecular weight excluding hydrogens is 292 g/mol. The number of carbonyl (C=O) groups is 1. The van der Waals surface area contributed by atoms with Crippen LogP contribution in [0.15, 0.2) is 59.4 Å².